The second kappa shape index (κ2) is 4.50. The molecule has 1 aromatic carbocycles. The van der Waals surface area contributed by atoms with Gasteiger partial charge in [0, 0.05) is 18.7 Å². The van der Waals surface area contributed by atoms with Crippen molar-refractivity contribution in [2.75, 3.05) is 5.32 Å². The first-order valence-electron chi connectivity index (χ1n) is 3.98. The van der Waals surface area contributed by atoms with Gasteiger partial charge in [-0.1, -0.05) is 12.1 Å². The SMILES string of the molecule is CC(=O)Nc1cccc(C=C(F)F)c1. The van der Waals surface area contributed by atoms with Crippen LogP contribution in [0.15, 0.2) is 30.3 Å². The molecular weight excluding hydrogens is 188 g/mol. The summed E-state index contributed by atoms with van der Waals surface area (Å²) in [6.07, 6.45) is -1.02. The van der Waals surface area contributed by atoms with Gasteiger partial charge < -0.3 is 5.32 Å². The van der Waals surface area contributed by atoms with E-state index in [2.05, 4.69) is 5.32 Å². The maximum absolute atomic E-state index is 11.9. The van der Waals surface area contributed by atoms with Gasteiger partial charge in [-0.05, 0) is 17.7 Å². The van der Waals surface area contributed by atoms with E-state index in [1.165, 1.54) is 19.1 Å². The standard InChI is InChI=1S/C10H9F2NO/c1-7(14)13-9-4-2-3-8(5-9)6-10(11)12/h2-6H,1H3,(H,13,14). The molecule has 1 N–H and O–H groups in total. The van der Waals surface area contributed by atoms with E-state index < -0.39 is 6.08 Å². The van der Waals surface area contributed by atoms with Crippen molar-refractivity contribution in [1.82, 2.24) is 0 Å². The predicted octanol–water partition coefficient (Wildman–Crippen LogP) is 2.88. The van der Waals surface area contributed by atoms with E-state index in [0.29, 0.717) is 11.3 Å². The molecule has 2 nitrogen and oxygen atoms in total. The molecule has 0 aliphatic heterocycles. The highest BCUT2D eigenvalue weighted by Gasteiger charge is 1.97. The second-order valence-electron chi connectivity index (χ2n) is 2.74. The number of carbonyl (C=O) groups excluding carboxylic acids is 1. The number of hydrogen-bond donors (Lipinski definition) is 1. The molecule has 0 saturated heterocycles. The third-order valence-electron chi connectivity index (χ3n) is 1.48. The molecule has 1 rings (SSSR count). The Hall–Kier alpha value is -1.71. The Kier molecular flexibility index (Phi) is 3.34. The lowest BCUT2D eigenvalue weighted by Crippen LogP contribution is -2.05. The van der Waals surface area contributed by atoms with Crippen LogP contribution in [0.1, 0.15) is 12.5 Å². The average Bonchev–Trinajstić information content (AvgIpc) is 2.01. The van der Waals surface area contributed by atoms with Crippen molar-refractivity contribution in [3.05, 3.63) is 35.9 Å². The van der Waals surface area contributed by atoms with E-state index in [0.717, 1.165) is 6.08 Å². The fraction of sp³-hybridized carbons (Fsp3) is 0.100. The molecule has 4 heteroatoms. The molecule has 0 radical (unpaired) electrons. The normalized spacial score (nSPS) is 9.36. The summed E-state index contributed by atoms with van der Waals surface area (Å²) in [6, 6.07) is 6.24. The number of rotatable bonds is 2. The van der Waals surface area contributed by atoms with Gasteiger partial charge in [-0.25, -0.2) is 0 Å². The molecule has 0 aromatic heterocycles. The molecule has 0 aliphatic carbocycles. The minimum atomic E-state index is -1.76. The summed E-state index contributed by atoms with van der Waals surface area (Å²) in [6.45, 7) is 1.36. The number of benzene rings is 1. The summed E-state index contributed by atoms with van der Waals surface area (Å²) in [7, 11) is 0. The summed E-state index contributed by atoms with van der Waals surface area (Å²) < 4.78 is 23.8. The summed E-state index contributed by atoms with van der Waals surface area (Å²) >= 11 is 0. The van der Waals surface area contributed by atoms with Crippen LogP contribution >= 0.6 is 0 Å². The molecule has 0 fully saturated rings. The molecule has 1 aromatic rings. The fourth-order valence-corrected chi connectivity index (χ4v) is 1.04. The monoisotopic (exact) mass is 197 g/mol. The van der Waals surface area contributed by atoms with Crippen molar-refractivity contribution in [1.29, 1.82) is 0 Å². The Bertz CT molecular complexity index is 370. The van der Waals surface area contributed by atoms with Crippen LogP contribution < -0.4 is 5.32 Å². The Balaban J connectivity index is 2.89. The van der Waals surface area contributed by atoms with Gasteiger partial charge in [0.25, 0.3) is 6.08 Å². The quantitative estimate of drug-likeness (QED) is 0.775. The molecule has 74 valence electrons. The van der Waals surface area contributed by atoms with Gasteiger partial charge in [0.1, 0.15) is 0 Å². The topological polar surface area (TPSA) is 29.1 Å². The van der Waals surface area contributed by atoms with Gasteiger partial charge in [-0.15, -0.1) is 0 Å². The van der Waals surface area contributed by atoms with Crippen LogP contribution in [0.3, 0.4) is 0 Å². The van der Waals surface area contributed by atoms with Crippen LogP contribution in [-0.4, -0.2) is 5.91 Å². The summed E-state index contributed by atoms with van der Waals surface area (Å²) in [5.41, 5.74) is 0.865. The molecule has 0 spiro atoms. The van der Waals surface area contributed by atoms with Crippen LogP contribution in [0.5, 0.6) is 0 Å². The third kappa shape index (κ3) is 3.35. The van der Waals surface area contributed by atoms with Crippen molar-refractivity contribution >= 4 is 17.7 Å². The molecule has 0 heterocycles. The zero-order chi connectivity index (χ0) is 10.6. The van der Waals surface area contributed by atoms with Crippen LogP contribution in [0.4, 0.5) is 14.5 Å². The van der Waals surface area contributed by atoms with Crippen LogP contribution in [0.2, 0.25) is 0 Å². The zero-order valence-electron chi connectivity index (χ0n) is 7.55. The molecule has 14 heavy (non-hydrogen) atoms. The van der Waals surface area contributed by atoms with Crippen molar-refractivity contribution in [3.8, 4) is 0 Å². The maximum atomic E-state index is 11.9. The Labute approximate surface area is 80.2 Å². The number of hydrogen-bond acceptors (Lipinski definition) is 1. The summed E-state index contributed by atoms with van der Waals surface area (Å²) in [5.74, 6) is -0.230. The fourth-order valence-electron chi connectivity index (χ4n) is 1.04. The average molecular weight is 197 g/mol. The summed E-state index contributed by atoms with van der Waals surface area (Å²) in [5, 5.41) is 2.51. The number of nitrogens with one attached hydrogen (secondary N) is 1. The molecule has 0 saturated carbocycles. The molecule has 0 unspecified atom stereocenters. The molecule has 0 atom stereocenters. The number of carbonyl (C=O) groups is 1. The van der Waals surface area contributed by atoms with Crippen molar-refractivity contribution < 1.29 is 13.6 Å². The van der Waals surface area contributed by atoms with Gasteiger partial charge in [0.05, 0.1) is 0 Å². The molecular formula is C10H9F2NO. The van der Waals surface area contributed by atoms with Gasteiger partial charge in [-0.2, -0.15) is 8.78 Å². The Morgan fingerprint density at radius 1 is 1.43 bits per heavy atom. The summed E-state index contributed by atoms with van der Waals surface area (Å²) in [4.78, 5) is 10.7. The lowest BCUT2D eigenvalue weighted by molar-refractivity contribution is -0.114. The maximum Gasteiger partial charge on any atom is 0.270 e. The number of amides is 1. The van der Waals surface area contributed by atoms with Gasteiger partial charge >= 0.3 is 0 Å². The zero-order valence-corrected chi connectivity index (χ0v) is 7.55. The Morgan fingerprint density at radius 2 is 2.14 bits per heavy atom. The van der Waals surface area contributed by atoms with Crippen molar-refractivity contribution in [3.63, 3.8) is 0 Å². The highest BCUT2D eigenvalue weighted by Crippen LogP contribution is 2.14. The molecule has 0 bridgehead atoms. The lowest BCUT2D eigenvalue weighted by Gasteiger charge is -2.01. The third-order valence-corrected chi connectivity index (χ3v) is 1.48. The van der Waals surface area contributed by atoms with Gasteiger partial charge in [-0.3, -0.25) is 4.79 Å². The van der Waals surface area contributed by atoms with Crippen molar-refractivity contribution in [2.45, 2.75) is 6.92 Å². The van der Waals surface area contributed by atoms with E-state index >= 15 is 0 Å². The van der Waals surface area contributed by atoms with E-state index in [1.54, 1.807) is 12.1 Å². The predicted molar refractivity (Wildman–Crippen MR) is 50.9 cm³/mol. The minimum absolute atomic E-state index is 0.230. The largest absolute Gasteiger partial charge is 0.326 e. The first-order chi connectivity index (χ1) is 6.58. The van der Waals surface area contributed by atoms with Crippen molar-refractivity contribution in [2.24, 2.45) is 0 Å². The Morgan fingerprint density at radius 3 is 2.71 bits per heavy atom. The minimum Gasteiger partial charge on any atom is -0.326 e. The van der Waals surface area contributed by atoms with Crippen LogP contribution in [0.25, 0.3) is 6.08 Å². The number of halogens is 2. The smallest absolute Gasteiger partial charge is 0.270 e. The first-order valence-corrected chi connectivity index (χ1v) is 3.98. The lowest BCUT2D eigenvalue weighted by atomic mass is 10.2. The van der Waals surface area contributed by atoms with E-state index in [4.69, 9.17) is 0 Å². The molecule has 0 aliphatic rings. The highest BCUT2D eigenvalue weighted by molar-refractivity contribution is 5.88. The van der Waals surface area contributed by atoms with Gasteiger partial charge in [0.2, 0.25) is 5.91 Å². The van der Waals surface area contributed by atoms with Gasteiger partial charge in [0.15, 0.2) is 0 Å². The number of anilines is 1. The molecule has 1 amide bonds. The van der Waals surface area contributed by atoms with E-state index in [-0.39, 0.29) is 5.91 Å². The second-order valence-corrected chi connectivity index (χ2v) is 2.74. The van der Waals surface area contributed by atoms with E-state index in [1.807, 2.05) is 0 Å². The van der Waals surface area contributed by atoms with E-state index in [9.17, 15) is 13.6 Å². The highest BCUT2D eigenvalue weighted by atomic mass is 19.3. The first kappa shape index (κ1) is 10.4. The van der Waals surface area contributed by atoms with Crippen LogP contribution in [0, 0.1) is 0 Å². The van der Waals surface area contributed by atoms with Crippen LogP contribution in [-0.2, 0) is 4.79 Å².